The summed E-state index contributed by atoms with van der Waals surface area (Å²) in [6.45, 7) is 0.662. The normalized spacial score (nSPS) is 10.6. The molecule has 3 rings (SSSR count). The van der Waals surface area contributed by atoms with Crippen molar-refractivity contribution in [2.75, 3.05) is 5.73 Å². The third-order valence-corrected chi connectivity index (χ3v) is 4.31. The van der Waals surface area contributed by atoms with Crippen molar-refractivity contribution in [1.82, 2.24) is 14.5 Å². The maximum absolute atomic E-state index is 12.5. The predicted octanol–water partition coefficient (Wildman–Crippen LogP) is 3.62. The molecule has 0 atom stereocenters. The van der Waals surface area contributed by atoms with E-state index in [2.05, 4.69) is 16.0 Å². The summed E-state index contributed by atoms with van der Waals surface area (Å²) in [4.78, 5) is 20.8. The molecule has 138 valence electrons. The second kappa shape index (κ2) is 8.81. The quantitative estimate of drug-likeness (QED) is 0.612. The Morgan fingerprint density at radius 1 is 1.22 bits per heavy atom. The average molecular weight is 363 g/mol. The Labute approximate surface area is 157 Å². The van der Waals surface area contributed by atoms with Gasteiger partial charge in [-0.25, -0.2) is 9.97 Å². The Balaban J connectivity index is 1.77. The standard InChI is InChI=1S/C20H21N5O2/c21-9-4-2-1-3-5-10-25-11-8-15(13-18(25)26)16-14-23-20(22)24-19(16)17-7-6-12-27-17/h6-8,11-14H,1-5,10H2,(H2,22,23,24). The van der Waals surface area contributed by atoms with Crippen molar-refractivity contribution in [3.63, 3.8) is 0 Å². The summed E-state index contributed by atoms with van der Waals surface area (Å²) in [5.74, 6) is 0.718. The number of aromatic nitrogens is 3. The average Bonchev–Trinajstić information content (AvgIpc) is 3.20. The highest BCUT2D eigenvalue weighted by Gasteiger charge is 2.14. The maximum atomic E-state index is 12.5. The van der Waals surface area contributed by atoms with Crippen molar-refractivity contribution in [2.45, 2.75) is 38.6 Å². The summed E-state index contributed by atoms with van der Waals surface area (Å²) < 4.78 is 7.13. The third-order valence-electron chi connectivity index (χ3n) is 4.31. The van der Waals surface area contributed by atoms with Crippen molar-refractivity contribution in [3.8, 4) is 28.7 Å². The van der Waals surface area contributed by atoms with E-state index in [1.807, 2.05) is 6.07 Å². The molecular formula is C20H21N5O2. The van der Waals surface area contributed by atoms with Gasteiger partial charge in [0.05, 0.1) is 12.3 Å². The van der Waals surface area contributed by atoms with Crippen molar-refractivity contribution in [3.05, 3.63) is 53.3 Å². The molecule has 27 heavy (non-hydrogen) atoms. The Bertz CT molecular complexity index is 986. The van der Waals surface area contributed by atoms with E-state index in [4.69, 9.17) is 15.4 Å². The second-order valence-electron chi connectivity index (χ2n) is 6.24. The van der Waals surface area contributed by atoms with Crippen LogP contribution >= 0.6 is 0 Å². The molecule has 3 heterocycles. The largest absolute Gasteiger partial charge is 0.463 e. The number of nitrogens with zero attached hydrogens (tertiary/aromatic N) is 4. The molecule has 0 aliphatic heterocycles. The molecule has 0 saturated heterocycles. The zero-order valence-electron chi connectivity index (χ0n) is 15.0. The smallest absolute Gasteiger partial charge is 0.251 e. The molecule has 3 aromatic rings. The van der Waals surface area contributed by atoms with Gasteiger partial charge >= 0.3 is 0 Å². The zero-order chi connectivity index (χ0) is 19.1. The minimum atomic E-state index is -0.0771. The number of nitrogens with two attached hydrogens (primary N) is 1. The maximum Gasteiger partial charge on any atom is 0.251 e. The predicted molar refractivity (Wildman–Crippen MR) is 103 cm³/mol. The van der Waals surface area contributed by atoms with Gasteiger partial charge in [0.2, 0.25) is 5.95 Å². The van der Waals surface area contributed by atoms with Gasteiger partial charge in [0.25, 0.3) is 5.56 Å². The van der Waals surface area contributed by atoms with Gasteiger partial charge in [0.15, 0.2) is 5.76 Å². The first-order valence-corrected chi connectivity index (χ1v) is 8.93. The minimum Gasteiger partial charge on any atom is -0.463 e. The summed E-state index contributed by atoms with van der Waals surface area (Å²) in [6.07, 6.45) is 9.39. The van der Waals surface area contributed by atoms with Crippen LogP contribution in [0.25, 0.3) is 22.6 Å². The van der Waals surface area contributed by atoms with Crippen LogP contribution in [0.15, 0.2) is 52.1 Å². The Morgan fingerprint density at radius 2 is 2.07 bits per heavy atom. The molecule has 0 aromatic carbocycles. The van der Waals surface area contributed by atoms with E-state index >= 15 is 0 Å². The summed E-state index contributed by atoms with van der Waals surface area (Å²) in [5, 5.41) is 8.54. The van der Waals surface area contributed by atoms with Crippen molar-refractivity contribution in [2.24, 2.45) is 0 Å². The second-order valence-corrected chi connectivity index (χ2v) is 6.24. The highest BCUT2D eigenvalue weighted by Crippen LogP contribution is 2.29. The van der Waals surface area contributed by atoms with Gasteiger partial charge in [0, 0.05) is 37.0 Å². The van der Waals surface area contributed by atoms with E-state index in [9.17, 15) is 4.79 Å². The summed E-state index contributed by atoms with van der Waals surface area (Å²) in [6, 6.07) is 9.16. The number of hydrogen-bond acceptors (Lipinski definition) is 6. The molecule has 2 N–H and O–H groups in total. The molecule has 0 radical (unpaired) electrons. The van der Waals surface area contributed by atoms with Crippen LogP contribution < -0.4 is 11.3 Å². The lowest BCUT2D eigenvalue weighted by atomic mass is 10.1. The molecule has 0 spiro atoms. The fourth-order valence-corrected chi connectivity index (χ4v) is 2.91. The lowest BCUT2D eigenvalue weighted by Crippen LogP contribution is -2.18. The molecule has 0 fully saturated rings. The molecule has 0 unspecified atom stereocenters. The summed E-state index contributed by atoms with van der Waals surface area (Å²) in [5.41, 5.74) is 7.61. The monoisotopic (exact) mass is 363 g/mol. The molecule has 0 bridgehead atoms. The van der Waals surface area contributed by atoms with E-state index in [0.29, 0.717) is 30.0 Å². The Morgan fingerprint density at radius 3 is 2.81 bits per heavy atom. The number of anilines is 1. The Hall–Kier alpha value is -3.40. The lowest BCUT2D eigenvalue weighted by Gasteiger charge is -2.09. The molecule has 3 aromatic heterocycles. The van der Waals surface area contributed by atoms with Crippen LogP contribution in [0.3, 0.4) is 0 Å². The third kappa shape index (κ3) is 4.61. The van der Waals surface area contributed by atoms with Crippen LogP contribution in [0, 0.1) is 11.3 Å². The fourth-order valence-electron chi connectivity index (χ4n) is 2.91. The van der Waals surface area contributed by atoms with E-state index in [-0.39, 0.29) is 11.5 Å². The molecule has 7 heteroatoms. The van der Waals surface area contributed by atoms with E-state index < -0.39 is 0 Å². The number of unbranched alkanes of at least 4 members (excludes halogenated alkanes) is 4. The van der Waals surface area contributed by atoms with Gasteiger partial charge in [-0.3, -0.25) is 4.79 Å². The van der Waals surface area contributed by atoms with Crippen LogP contribution in [0.4, 0.5) is 5.95 Å². The van der Waals surface area contributed by atoms with Gasteiger partial charge in [-0.05, 0) is 36.6 Å². The number of pyridine rings is 1. The fraction of sp³-hybridized carbons (Fsp3) is 0.300. The van der Waals surface area contributed by atoms with Gasteiger partial charge in [-0.2, -0.15) is 5.26 Å². The van der Waals surface area contributed by atoms with Crippen LogP contribution in [0.5, 0.6) is 0 Å². The van der Waals surface area contributed by atoms with Gasteiger partial charge in [-0.15, -0.1) is 0 Å². The van der Waals surface area contributed by atoms with Crippen molar-refractivity contribution in [1.29, 1.82) is 5.26 Å². The lowest BCUT2D eigenvalue weighted by molar-refractivity contribution is 0.564. The van der Waals surface area contributed by atoms with Gasteiger partial charge in [-0.1, -0.05) is 12.8 Å². The highest BCUT2D eigenvalue weighted by molar-refractivity contribution is 5.78. The van der Waals surface area contributed by atoms with Crippen LogP contribution in [-0.4, -0.2) is 14.5 Å². The zero-order valence-corrected chi connectivity index (χ0v) is 15.0. The molecular weight excluding hydrogens is 342 g/mol. The van der Waals surface area contributed by atoms with E-state index in [1.54, 1.807) is 41.4 Å². The van der Waals surface area contributed by atoms with E-state index in [0.717, 1.165) is 31.2 Å². The number of nitrogen functional groups attached to an aromatic ring is 1. The number of rotatable bonds is 8. The molecule has 7 nitrogen and oxygen atoms in total. The molecule has 0 saturated carbocycles. The number of furan rings is 1. The minimum absolute atomic E-state index is 0.0771. The van der Waals surface area contributed by atoms with Gasteiger partial charge < -0.3 is 14.7 Å². The Kier molecular flexibility index (Phi) is 6.00. The molecule has 0 amide bonds. The van der Waals surface area contributed by atoms with Crippen LogP contribution in [0.1, 0.15) is 32.1 Å². The van der Waals surface area contributed by atoms with Crippen molar-refractivity contribution < 1.29 is 4.42 Å². The SMILES string of the molecule is N#CCCCCCCn1ccc(-c2cnc(N)nc2-c2ccco2)cc1=O. The summed E-state index contributed by atoms with van der Waals surface area (Å²) >= 11 is 0. The van der Waals surface area contributed by atoms with Gasteiger partial charge in [0.1, 0.15) is 5.69 Å². The first-order valence-electron chi connectivity index (χ1n) is 8.93. The number of aryl methyl sites for hydroxylation is 1. The highest BCUT2D eigenvalue weighted by atomic mass is 16.3. The first kappa shape index (κ1) is 18.4. The number of hydrogen-bond donors (Lipinski definition) is 1. The first-order chi connectivity index (χ1) is 13.2. The molecule has 0 aliphatic rings. The summed E-state index contributed by atoms with van der Waals surface area (Å²) in [7, 11) is 0. The topological polar surface area (TPSA) is 111 Å². The van der Waals surface area contributed by atoms with E-state index in [1.165, 1.54) is 0 Å². The molecule has 0 aliphatic carbocycles. The van der Waals surface area contributed by atoms with Crippen LogP contribution in [0.2, 0.25) is 0 Å². The van der Waals surface area contributed by atoms with Crippen molar-refractivity contribution >= 4 is 5.95 Å². The number of nitriles is 1. The van der Waals surface area contributed by atoms with Crippen LogP contribution in [-0.2, 0) is 6.54 Å².